The molecule has 1 aromatic carbocycles. The monoisotopic (exact) mass is 390 g/mol. The molecule has 2 N–H and O–H groups in total. The number of aromatic nitrogens is 2. The summed E-state index contributed by atoms with van der Waals surface area (Å²) in [6, 6.07) is 13.1. The van der Waals surface area contributed by atoms with Crippen LogP contribution in [0.3, 0.4) is 0 Å². The largest absolute Gasteiger partial charge is 0.481 e. The second-order valence-corrected chi connectivity index (χ2v) is 6.75. The average molecular weight is 390 g/mol. The number of ether oxygens (including phenoxy) is 2. The lowest BCUT2D eigenvalue weighted by Gasteiger charge is -2.30. The number of nitrogens with two attached hydrogens (primary N) is 1. The maximum Gasteiger partial charge on any atom is 0.227 e. The summed E-state index contributed by atoms with van der Waals surface area (Å²) in [4.78, 5) is 22.9. The minimum Gasteiger partial charge on any atom is -0.481 e. The highest BCUT2D eigenvalue weighted by molar-refractivity contribution is 5.96. The lowest BCUT2D eigenvalue weighted by Crippen LogP contribution is -2.34. The molecule has 148 valence electrons. The van der Waals surface area contributed by atoms with Crippen LogP contribution in [0.1, 0.15) is 23.1 Å². The fourth-order valence-electron chi connectivity index (χ4n) is 3.38. The third kappa shape index (κ3) is 4.05. The predicted molar refractivity (Wildman–Crippen MR) is 109 cm³/mol. The van der Waals surface area contributed by atoms with Gasteiger partial charge in [-0.1, -0.05) is 12.1 Å². The molecule has 3 heterocycles. The SMILES string of the molecule is COc1ccc(CN2C(=O)CCc3c(Oc4cc(CN)ccn4)cccc32)cn1. The van der Waals surface area contributed by atoms with Gasteiger partial charge in [0.25, 0.3) is 0 Å². The third-order valence-electron chi connectivity index (χ3n) is 4.89. The molecule has 1 aliphatic rings. The Morgan fingerprint density at radius 3 is 2.72 bits per heavy atom. The lowest BCUT2D eigenvalue weighted by atomic mass is 9.99. The first-order chi connectivity index (χ1) is 14.2. The van der Waals surface area contributed by atoms with E-state index in [1.807, 2.05) is 36.4 Å². The van der Waals surface area contributed by atoms with E-state index in [9.17, 15) is 4.79 Å². The molecule has 1 aliphatic heterocycles. The molecule has 4 rings (SSSR count). The van der Waals surface area contributed by atoms with Gasteiger partial charge in [0.2, 0.25) is 17.7 Å². The van der Waals surface area contributed by atoms with Gasteiger partial charge in [0.05, 0.1) is 19.3 Å². The second-order valence-electron chi connectivity index (χ2n) is 6.75. The van der Waals surface area contributed by atoms with Crippen molar-refractivity contribution in [2.24, 2.45) is 5.73 Å². The normalized spacial score (nSPS) is 13.2. The topological polar surface area (TPSA) is 90.6 Å². The fraction of sp³-hybridized carbons (Fsp3) is 0.227. The Labute approximate surface area is 169 Å². The highest BCUT2D eigenvalue weighted by atomic mass is 16.5. The number of hydrogen-bond donors (Lipinski definition) is 1. The van der Waals surface area contributed by atoms with E-state index in [0.29, 0.717) is 43.4 Å². The van der Waals surface area contributed by atoms with Crippen molar-refractivity contribution in [2.45, 2.75) is 25.9 Å². The van der Waals surface area contributed by atoms with Crippen molar-refractivity contribution < 1.29 is 14.3 Å². The van der Waals surface area contributed by atoms with Crippen LogP contribution in [-0.2, 0) is 24.3 Å². The van der Waals surface area contributed by atoms with Gasteiger partial charge >= 0.3 is 0 Å². The van der Waals surface area contributed by atoms with Gasteiger partial charge in [0.1, 0.15) is 5.75 Å². The maximum atomic E-state index is 12.7. The smallest absolute Gasteiger partial charge is 0.227 e. The molecular weight excluding hydrogens is 368 g/mol. The fourth-order valence-corrected chi connectivity index (χ4v) is 3.38. The summed E-state index contributed by atoms with van der Waals surface area (Å²) in [6.45, 7) is 0.858. The minimum absolute atomic E-state index is 0.0775. The molecule has 0 saturated heterocycles. The third-order valence-corrected chi connectivity index (χ3v) is 4.89. The summed E-state index contributed by atoms with van der Waals surface area (Å²) in [5.41, 5.74) is 9.43. The van der Waals surface area contributed by atoms with Crippen LogP contribution in [0.15, 0.2) is 54.9 Å². The summed E-state index contributed by atoms with van der Waals surface area (Å²) in [7, 11) is 1.58. The van der Waals surface area contributed by atoms with Crippen LogP contribution in [-0.4, -0.2) is 23.0 Å². The van der Waals surface area contributed by atoms with Crippen LogP contribution in [0.25, 0.3) is 0 Å². The summed E-state index contributed by atoms with van der Waals surface area (Å²) >= 11 is 0. The van der Waals surface area contributed by atoms with E-state index < -0.39 is 0 Å². The molecule has 0 bridgehead atoms. The first-order valence-corrected chi connectivity index (χ1v) is 9.42. The molecule has 7 nitrogen and oxygen atoms in total. The number of benzene rings is 1. The van der Waals surface area contributed by atoms with Crippen LogP contribution in [0.4, 0.5) is 5.69 Å². The Morgan fingerprint density at radius 1 is 1.07 bits per heavy atom. The molecule has 0 aliphatic carbocycles. The number of pyridine rings is 2. The van der Waals surface area contributed by atoms with Crippen molar-refractivity contribution >= 4 is 11.6 Å². The summed E-state index contributed by atoms with van der Waals surface area (Å²) in [6.07, 6.45) is 4.45. The summed E-state index contributed by atoms with van der Waals surface area (Å²) in [5, 5.41) is 0. The molecule has 29 heavy (non-hydrogen) atoms. The van der Waals surface area contributed by atoms with E-state index in [-0.39, 0.29) is 5.91 Å². The zero-order valence-corrected chi connectivity index (χ0v) is 16.2. The number of amides is 1. The maximum absolute atomic E-state index is 12.7. The summed E-state index contributed by atoms with van der Waals surface area (Å²) in [5.74, 6) is 1.81. The van der Waals surface area contributed by atoms with Gasteiger partial charge in [-0.3, -0.25) is 4.79 Å². The van der Waals surface area contributed by atoms with Crippen LogP contribution >= 0.6 is 0 Å². The molecule has 0 spiro atoms. The van der Waals surface area contributed by atoms with Gasteiger partial charge in [0, 0.05) is 43.1 Å². The molecule has 0 unspecified atom stereocenters. The first-order valence-electron chi connectivity index (χ1n) is 9.42. The Balaban J connectivity index is 1.62. The number of anilines is 1. The Kier molecular flexibility index (Phi) is 5.39. The van der Waals surface area contributed by atoms with Crippen molar-refractivity contribution in [1.29, 1.82) is 0 Å². The Morgan fingerprint density at radius 2 is 1.97 bits per heavy atom. The standard InChI is InChI=1S/C22H22N4O3/c1-28-20-7-5-16(13-25-20)14-26-18-3-2-4-19(17(18)6-8-22(26)27)29-21-11-15(12-23)9-10-24-21/h2-5,7,9-11,13H,6,8,12,14,23H2,1H3. The second kappa shape index (κ2) is 8.28. The highest BCUT2D eigenvalue weighted by Gasteiger charge is 2.27. The number of hydrogen-bond acceptors (Lipinski definition) is 6. The number of methoxy groups -OCH3 is 1. The zero-order valence-electron chi connectivity index (χ0n) is 16.2. The molecule has 2 aromatic heterocycles. The number of fused-ring (bicyclic) bond motifs is 1. The molecule has 3 aromatic rings. The van der Waals surface area contributed by atoms with Crippen molar-refractivity contribution in [3.05, 3.63) is 71.5 Å². The molecule has 7 heteroatoms. The summed E-state index contributed by atoms with van der Waals surface area (Å²) < 4.78 is 11.2. The van der Waals surface area contributed by atoms with E-state index in [4.69, 9.17) is 15.2 Å². The van der Waals surface area contributed by atoms with Gasteiger partial charge in [0.15, 0.2) is 0 Å². The van der Waals surface area contributed by atoms with E-state index in [1.165, 1.54) is 0 Å². The van der Waals surface area contributed by atoms with Crippen molar-refractivity contribution in [3.8, 4) is 17.5 Å². The van der Waals surface area contributed by atoms with Crippen LogP contribution in [0.5, 0.6) is 17.5 Å². The number of carbonyl (C=O) groups excluding carboxylic acids is 1. The first kappa shape index (κ1) is 18.9. The minimum atomic E-state index is 0.0775. The quantitative estimate of drug-likeness (QED) is 0.695. The average Bonchev–Trinajstić information content (AvgIpc) is 2.76. The Bertz CT molecular complexity index is 1020. The van der Waals surface area contributed by atoms with Gasteiger partial charge in [-0.2, -0.15) is 0 Å². The van der Waals surface area contributed by atoms with Gasteiger partial charge in [-0.25, -0.2) is 9.97 Å². The molecule has 0 atom stereocenters. The molecule has 0 saturated carbocycles. The van der Waals surface area contributed by atoms with Crippen LogP contribution < -0.4 is 20.1 Å². The van der Waals surface area contributed by atoms with Crippen LogP contribution in [0, 0.1) is 0 Å². The number of nitrogens with zero attached hydrogens (tertiary/aromatic N) is 3. The molecule has 1 amide bonds. The van der Waals surface area contributed by atoms with Crippen molar-refractivity contribution in [3.63, 3.8) is 0 Å². The van der Waals surface area contributed by atoms with Crippen LogP contribution in [0.2, 0.25) is 0 Å². The predicted octanol–water partition coefficient (Wildman–Crippen LogP) is 3.22. The molecular formula is C22H22N4O3. The van der Waals surface area contributed by atoms with Crippen molar-refractivity contribution in [1.82, 2.24) is 9.97 Å². The number of carbonyl (C=O) groups is 1. The Hall–Kier alpha value is -3.45. The van der Waals surface area contributed by atoms with E-state index in [1.54, 1.807) is 30.5 Å². The highest BCUT2D eigenvalue weighted by Crippen LogP contribution is 2.37. The lowest BCUT2D eigenvalue weighted by molar-refractivity contribution is -0.119. The zero-order chi connectivity index (χ0) is 20.2. The van der Waals surface area contributed by atoms with Crippen molar-refractivity contribution in [2.75, 3.05) is 12.0 Å². The van der Waals surface area contributed by atoms with Gasteiger partial charge < -0.3 is 20.1 Å². The molecule has 0 radical (unpaired) electrons. The number of rotatable bonds is 6. The van der Waals surface area contributed by atoms with Gasteiger partial charge in [-0.05, 0) is 35.7 Å². The molecule has 0 fully saturated rings. The van der Waals surface area contributed by atoms with Gasteiger partial charge in [-0.15, -0.1) is 0 Å². The van der Waals surface area contributed by atoms with E-state index in [0.717, 1.165) is 22.4 Å². The van der Waals surface area contributed by atoms with E-state index >= 15 is 0 Å². The van der Waals surface area contributed by atoms with E-state index in [2.05, 4.69) is 9.97 Å².